The van der Waals surface area contributed by atoms with Crippen LogP contribution in [0, 0.1) is 0 Å². The van der Waals surface area contributed by atoms with E-state index in [0.717, 1.165) is 23.6 Å². The van der Waals surface area contributed by atoms with Crippen molar-refractivity contribution in [1.29, 1.82) is 0 Å². The average molecular weight is 267 g/mol. The van der Waals surface area contributed by atoms with Crippen LogP contribution in [-0.2, 0) is 11.3 Å². The summed E-state index contributed by atoms with van der Waals surface area (Å²) >= 11 is 0. The predicted molar refractivity (Wildman–Crippen MR) is 76.7 cm³/mol. The number of rotatable bonds is 9. The Morgan fingerprint density at radius 3 is 2.53 bits per heavy atom. The molecule has 0 aliphatic heterocycles. The van der Waals surface area contributed by atoms with Crippen molar-refractivity contribution in [3.05, 3.63) is 23.8 Å². The van der Waals surface area contributed by atoms with Crippen molar-refractivity contribution in [2.45, 2.75) is 40.3 Å². The van der Waals surface area contributed by atoms with Gasteiger partial charge in [-0.1, -0.05) is 26.0 Å². The third-order valence-electron chi connectivity index (χ3n) is 2.55. The van der Waals surface area contributed by atoms with Gasteiger partial charge in [-0.15, -0.1) is 0 Å². The van der Waals surface area contributed by atoms with E-state index in [2.05, 4.69) is 19.2 Å². The van der Waals surface area contributed by atoms with Crippen molar-refractivity contribution < 1.29 is 14.2 Å². The lowest BCUT2D eigenvalue weighted by molar-refractivity contribution is 0.0199. The van der Waals surface area contributed by atoms with Crippen LogP contribution in [0.3, 0.4) is 0 Å². The van der Waals surface area contributed by atoms with Crippen molar-refractivity contribution in [2.24, 2.45) is 0 Å². The molecule has 1 aromatic rings. The van der Waals surface area contributed by atoms with Gasteiger partial charge in [0.1, 0.15) is 0 Å². The molecule has 4 heteroatoms. The van der Waals surface area contributed by atoms with Gasteiger partial charge >= 0.3 is 0 Å². The lowest BCUT2D eigenvalue weighted by atomic mass is 10.1. The first-order valence-electron chi connectivity index (χ1n) is 6.87. The minimum Gasteiger partial charge on any atom is -0.490 e. The molecule has 19 heavy (non-hydrogen) atoms. The molecule has 0 heterocycles. The second-order valence-electron chi connectivity index (χ2n) is 4.47. The summed E-state index contributed by atoms with van der Waals surface area (Å²) in [4.78, 5) is 0. The Kier molecular flexibility index (Phi) is 7.30. The second kappa shape index (κ2) is 8.77. The third-order valence-corrected chi connectivity index (χ3v) is 2.55. The summed E-state index contributed by atoms with van der Waals surface area (Å²) in [6.07, 6.45) is 0. The van der Waals surface area contributed by atoms with Gasteiger partial charge in [-0.2, -0.15) is 0 Å². The number of hydrogen-bond donors (Lipinski definition) is 1. The highest BCUT2D eigenvalue weighted by Crippen LogP contribution is 2.31. The van der Waals surface area contributed by atoms with E-state index in [0.29, 0.717) is 19.3 Å². The standard InChI is InChI=1S/C15H25NO3/c1-5-17-11-19-15-13(10-16-12(3)4)8-7-9-14(15)18-6-2/h7-9,12,16H,5-6,10-11H2,1-4H3. The fraction of sp³-hybridized carbons (Fsp3) is 0.600. The van der Waals surface area contributed by atoms with Gasteiger partial charge in [-0.05, 0) is 19.9 Å². The van der Waals surface area contributed by atoms with Crippen LogP contribution in [-0.4, -0.2) is 26.0 Å². The molecule has 0 aliphatic rings. The summed E-state index contributed by atoms with van der Waals surface area (Å²) < 4.78 is 16.6. The molecule has 0 saturated heterocycles. The van der Waals surface area contributed by atoms with Crippen LogP contribution in [0.4, 0.5) is 0 Å². The maximum absolute atomic E-state index is 5.71. The lowest BCUT2D eigenvalue weighted by Crippen LogP contribution is -2.22. The van der Waals surface area contributed by atoms with E-state index in [9.17, 15) is 0 Å². The maximum atomic E-state index is 5.71. The minimum absolute atomic E-state index is 0.245. The lowest BCUT2D eigenvalue weighted by Gasteiger charge is -2.17. The normalized spacial score (nSPS) is 10.8. The molecular formula is C15H25NO3. The molecule has 1 rings (SSSR count). The van der Waals surface area contributed by atoms with E-state index < -0.39 is 0 Å². The number of benzene rings is 1. The van der Waals surface area contributed by atoms with Crippen molar-refractivity contribution >= 4 is 0 Å². The van der Waals surface area contributed by atoms with Gasteiger partial charge in [0.05, 0.1) is 6.61 Å². The fourth-order valence-electron chi connectivity index (χ4n) is 1.63. The van der Waals surface area contributed by atoms with Crippen molar-refractivity contribution in [3.63, 3.8) is 0 Å². The molecule has 0 fully saturated rings. The van der Waals surface area contributed by atoms with Crippen LogP contribution in [0.25, 0.3) is 0 Å². The molecule has 0 spiro atoms. The molecule has 0 atom stereocenters. The van der Waals surface area contributed by atoms with E-state index in [1.54, 1.807) is 0 Å². The van der Waals surface area contributed by atoms with Gasteiger partial charge in [0, 0.05) is 24.8 Å². The van der Waals surface area contributed by atoms with E-state index in [-0.39, 0.29) is 6.79 Å². The monoisotopic (exact) mass is 267 g/mol. The largest absolute Gasteiger partial charge is 0.490 e. The van der Waals surface area contributed by atoms with Gasteiger partial charge in [0.25, 0.3) is 0 Å². The topological polar surface area (TPSA) is 39.7 Å². The zero-order valence-electron chi connectivity index (χ0n) is 12.4. The zero-order chi connectivity index (χ0) is 14.1. The first kappa shape index (κ1) is 15.8. The molecule has 108 valence electrons. The van der Waals surface area contributed by atoms with Crippen molar-refractivity contribution in [3.8, 4) is 11.5 Å². The molecule has 0 aromatic heterocycles. The Labute approximate surface area is 116 Å². The first-order chi connectivity index (χ1) is 9.19. The Morgan fingerprint density at radius 1 is 1.11 bits per heavy atom. The van der Waals surface area contributed by atoms with Crippen LogP contribution in [0.5, 0.6) is 11.5 Å². The number of nitrogens with one attached hydrogen (secondary N) is 1. The highest BCUT2D eigenvalue weighted by atomic mass is 16.7. The zero-order valence-corrected chi connectivity index (χ0v) is 12.4. The van der Waals surface area contributed by atoms with Crippen LogP contribution in [0.2, 0.25) is 0 Å². The van der Waals surface area contributed by atoms with Crippen LogP contribution >= 0.6 is 0 Å². The third kappa shape index (κ3) is 5.49. The van der Waals surface area contributed by atoms with E-state index in [4.69, 9.17) is 14.2 Å². The van der Waals surface area contributed by atoms with E-state index >= 15 is 0 Å². The van der Waals surface area contributed by atoms with Crippen LogP contribution < -0.4 is 14.8 Å². The summed E-state index contributed by atoms with van der Waals surface area (Å²) in [5.74, 6) is 1.54. The van der Waals surface area contributed by atoms with Gasteiger partial charge < -0.3 is 19.5 Å². The van der Waals surface area contributed by atoms with Crippen molar-refractivity contribution in [1.82, 2.24) is 5.32 Å². The highest BCUT2D eigenvalue weighted by Gasteiger charge is 2.11. The highest BCUT2D eigenvalue weighted by molar-refractivity contribution is 5.46. The second-order valence-corrected chi connectivity index (χ2v) is 4.47. The quantitative estimate of drug-likeness (QED) is 0.551. The Hall–Kier alpha value is -1.26. The smallest absolute Gasteiger partial charge is 0.189 e. The number of para-hydroxylation sites is 1. The van der Waals surface area contributed by atoms with Crippen LogP contribution in [0.1, 0.15) is 33.3 Å². The summed E-state index contributed by atoms with van der Waals surface area (Å²) in [6, 6.07) is 6.37. The first-order valence-corrected chi connectivity index (χ1v) is 6.87. The number of hydrogen-bond acceptors (Lipinski definition) is 4. The van der Waals surface area contributed by atoms with Crippen LogP contribution in [0.15, 0.2) is 18.2 Å². The molecule has 4 nitrogen and oxygen atoms in total. The van der Waals surface area contributed by atoms with Gasteiger partial charge in [-0.25, -0.2) is 0 Å². The molecule has 0 aliphatic carbocycles. The average Bonchev–Trinajstić information content (AvgIpc) is 2.39. The van der Waals surface area contributed by atoms with Gasteiger partial charge in [-0.3, -0.25) is 0 Å². The molecule has 0 saturated carbocycles. The van der Waals surface area contributed by atoms with Gasteiger partial charge in [0.15, 0.2) is 18.3 Å². The number of ether oxygens (including phenoxy) is 3. The molecule has 0 unspecified atom stereocenters. The van der Waals surface area contributed by atoms with E-state index in [1.807, 2.05) is 32.0 Å². The Morgan fingerprint density at radius 2 is 1.89 bits per heavy atom. The summed E-state index contributed by atoms with van der Waals surface area (Å²) in [6.45, 7) is 10.4. The molecule has 0 bridgehead atoms. The molecule has 1 N–H and O–H groups in total. The Bertz CT molecular complexity index is 366. The van der Waals surface area contributed by atoms with Gasteiger partial charge in [0.2, 0.25) is 0 Å². The summed E-state index contributed by atoms with van der Waals surface area (Å²) in [5.41, 5.74) is 1.08. The summed E-state index contributed by atoms with van der Waals surface area (Å²) in [5, 5.41) is 3.39. The van der Waals surface area contributed by atoms with Crippen molar-refractivity contribution in [2.75, 3.05) is 20.0 Å². The maximum Gasteiger partial charge on any atom is 0.189 e. The molecule has 0 radical (unpaired) electrons. The van der Waals surface area contributed by atoms with E-state index in [1.165, 1.54) is 0 Å². The molecular weight excluding hydrogens is 242 g/mol. The minimum atomic E-state index is 0.245. The predicted octanol–water partition coefficient (Wildman–Crippen LogP) is 2.96. The Balaban J connectivity index is 2.83. The molecule has 1 aromatic carbocycles. The molecule has 0 amide bonds. The summed E-state index contributed by atoms with van der Waals surface area (Å²) in [7, 11) is 0. The SMILES string of the molecule is CCOCOc1c(CNC(C)C)cccc1OCC. The fourth-order valence-corrected chi connectivity index (χ4v) is 1.63.